The first-order valence-corrected chi connectivity index (χ1v) is 7.26. The first kappa shape index (κ1) is 15.2. The second-order valence-electron chi connectivity index (χ2n) is 4.60. The molecular formula is C13H17Cl2N5. The molecule has 1 aromatic heterocycles. The molecular weight excluding hydrogens is 297 g/mol. The standard InChI is InChI=1S/C13H17Cl2N5/c1-4-16-8(2)13-17-18-19-20(13)9(3)11-6-5-10(14)7-12(11)15/h5-9,16H,4H2,1-3H3. The molecule has 0 radical (unpaired) electrons. The zero-order chi connectivity index (χ0) is 14.7. The molecule has 5 nitrogen and oxygen atoms in total. The van der Waals surface area contributed by atoms with Crippen LogP contribution in [0.1, 0.15) is 44.2 Å². The number of nitrogens with one attached hydrogen (secondary N) is 1. The summed E-state index contributed by atoms with van der Waals surface area (Å²) in [5.41, 5.74) is 0.938. The minimum absolute atomic E-state index is 0.0640. The van der Waals surface area contributed by atoms with Crippen molar-refractivity contribution in [3.8, 4) is 0 Å². The van der Waals surface area contributed by atoms with E-state index in [4.69, 9.17) is 23.2 Å². The SMILES string of the molecule is CCNC(C)c1nnnn1C(C)c1ccc(Cl)cc1Cl. The summed E-state index contributed by atoms with van der Waals surface area (Å²) >= 11 is 12.2. The Morgan fingerprint density at radius 2 is 2.05 bits per heavy atom. The second-order valence-corrected chi connectivity index (χ2v) is 5.45. The van der Waals surface area contributed by atoms with Gasteiger partial charge in [0.15, 0.2) is 5.82 Å². The third-order valence-electron chi connectivity index (χ3n) is 3.20. The van der Waals surface area contributed by atoms with Crippen LogP contribution < -0.4 is 5.32 Å². The summed E-state index contributed by atoms with van der Waals surface area (Å²) in [7, 11) is 0. The summed E-state index contributed by atoms with van der Waals surface area (Å²) in [5, 5.41) is 16.5. The average Bonchev–Trinajstić information content (AvgIpc) is 2.87. The molecule has 0 aliphatic heterocycles. The topological polar surface area (TPSA) is 55.6 Å². The fraction of sp³-hybridized carbons (Fsp3) is 0.462. The number of halogens is 2. The predicted octanol–water partition coefficient (Wildman–Crippen LogP) is 3.26. The Bertz CT molecular complexity index is 584. The summed E-state index contributed by atoms with van der Waals surface area (Å²) in [6.07, 6.45) is 0. The summed E-state index contributed by atoms with van der Waals surface area (Å²) in [6.45, 7) is 6.93. The Balaban J connectivity index is 2.34. The van der Waals surface area contributed by atoms with E-state index in [-0.39, 0.29) is 12.1 Å². The molecule has 1 aromatic carbocycles. The van der Waals surface area contributed by atoms with Gasteiger partial charge in [0.25, 0.3) is 0 Å². The molecule has 2 rings (SSSR count). The van der Waals surface area contributed by atoms with Gasteiger partial charge in [-0.25, -0.2) is 4.68 Å². The van der Waals surface area contributed by atoms with Crippen LogP contribution in [0.2, 0.25) is 10.0 Å². The Hall–Kier alpha value is -1.17. The van der Waals surface area contributed by atoms with Crippen molar-refractivity contribution in [3.05, 3.63) is 39.6 Å². The number of tetrazole rings is 1. The number of aromatic nitrogens is 4. The lowest BCUT2D eigenvalue weighted by atomic mass is 10.1. The van der Waals surface area contributed by atoms with E-state index in [1.54, 1.807) is 10.7 Å². The van der Waals surface area contributed by atoms with E-state index in [9.17, 15) is 0 Å². The van der Waals surface area contributed by atoms with E-state index in [0.29, 0.717) is 10.0 Å². The molecule has 0 saturated carbocycles. The number of nitrogens with zero attached hydrogens (tertiary/aromatic N) is 4. The highest BCUT2D eigenvalue weighted by Crippen LogP contribution is 2.29. The van der Waals surface area contributed by atoms with Crippen molar-refractivity contribution in [1.29, 1.82) is 0 Å². The molecule has 1 heterocycles. The Morgan fingerprint density at radius 3 is 2.70 bits per heavy atom. The fourth-order valence-corrected chi connectivity index (χ4v) is 2.70. The lowest BCUT2D eigenvalue weighted by Gasteiger charge is -2.18. The number of benzene rings is 1. The van der Waals surface area contributed by atoms with Crippen molar-refractivity contribution in [2.75, 3.05) is 6.54 Å². The van der Waals surface area contributed by atoms with Crippen LogP contribution in [0.25, 0.3) is 0 Å². The first-order valence-electron chi connectivity index (χ1n) is 6.50. The third-order valence-corrected chi connectivity index (χ3v) is 3.76. The molecule has 2 atom stereocenters. The van der Waals surface area contributed by atoms with E-state index in [2.05, 4.69) is 20.8 Å². The molecule has 2 unspecified atom stereocenters. The number of rotatable bonds is 5. The monoisotopic (exact) mass is 313 g/mol. The lowest BCUT2D eigenvalue weighted by Crippen LogP contribution is -2.23. The smallest absolute Gasteiger partial charge is 0.168 e. The zero-order valence-corrected chi connectivity index (χ0v) is 13.2. The van der Waals surface area contributed by atoms with Crippen molar-refractivity contribution < 1.29 is 0 Å². The van der Waals surface area contributed by atoms with Gasteiger partial charge in [-0.05, 0) is 48.5 Å². The average molecular weight is 314 g/mol. The third kappa shape index (κ3) is 3.11. The van der Waals surface area contributed by atoms with Gasteiger partial charge in [0, 0.05) is 10.0 Å². The highest BCUT2D eigenvalue weighted by Gasteiger charge is 2.20. The van der Waals surface area contributed by atoms with Crippen molar-refractivity contribution >= 4 is 23.2 Å². The molecule has 0 aliphatic rings. The van der Waals surface area contributed by atoms with E-state index in [1.165, 1.54) is 0 Å². The lowest BCUT2D eigenvalue weighted by molar-refractivity contribution is 0.471. The molecule has 1 N–H and O–H groups in total. The first-order chi connectivity index (χ1) is 9.54. The molecule has 0 saturated heterocycles. The van der Waals surface area contributed by atoms with Crippen molar-refractivity contribution in [3.63, 3.8) is 0 Å². The van der Waals surface area contributed by atoms with Crippen LogP contribution in [0, 0.1) is 0 Å². The van der Waals surface area contributed by atoms with Gasteiger partial charge in [-0.1, -0.05) is 36.2 Å². The van der Waals surface area contributed by atoms with Gasteiger partial charge in [-0.2, -0.15) is 0 Å². The van der Waals surface area contributed by atoms with Gasteiger partial charge >= 0.3 is 0 Å². The molecule has 0 aliphatic carbocycles. The molecule has 20 heavy (non-hydrogen) atoms. The van der Waals surface area contributed by atoms with Crippen molar-refractivity contribution in [2.24, 2.45) is 0 Å². The predicted molar refractivity (Wildman–Crippen MR) is 80.2 cm³/mol. The molecule has 2 aromatic rings. The minimum atomic E-state index is -0.0640. The van der Waals surface area contributed by atoms with Gasteiger partial charge < -0.3 is 5.32 Å². The van der Waals surface area contributed by atoms with Crippen LogP contribution in [-0.2, 0) is 0 Å². The maximum Gasteiger partial charge on any atom is 0.168 e. The van der Waals surface area contributed by atoms with Crippen LogP contribution in [0.5, 0.6) is 0 Å². The van der Waals surface area contributed by atoms with Gasteiger partial charge in [-0.15, -0.1) is 5.10 Å². The van der Waals surface area contributed by atoms with Crippen LogP contribution in [-0.4, -0.2) is 26.8 Å². The van der Waals surface area contributed by atoms with E-state index >= 15 is 0 Å². The molecule has 0 bridgehead atoms. The summed E-state index contributed by atoms with van der Waals surface area (Å²) in [4.78, 5) is 0. The van der Waals surface area contributed by atoms with Gasteiger partial charge in [-0.3, -0.25) is 0 Å². The van der Waals surface area contributed by atoms with Crippen LogP contribution >= 0.6 is 23.2 Å². The van der Waals surface area contributed by atoms with Crippen LogP contribution in [0.15, 0.2) is 18.2 Å². The van der Waals surface area contributed by atoms with Gasteiger partial charge in [0.1, 0.15) is 0 Å². The Labute approximate surface area is 128 Å². The zero-order valence-electron chi connectivity index (χ0n) is 11.6. The summed E-state index contributed by atoms with van der Waals surface area (Å²) in [6, 6.07) is 5.46. The van der Waals surface area contributed by atoms with Gasteiger partial charge in [0.2, 0.25) is 0 Å². The highest BCUT2D eigenvalue weighted by molar-refractivity contribution is 6.35. The Kier molecular flexibility index (Phi) is 4.96. The number of hydrogen-bond acceptors (Lipinski definition) is 4. The normalized spacial score (nSPS) is 14.2. The number of hydrogen-bond donors (Lipinski definition) is 1. The van der Waals surface area contributed by atoms with Crippen molar-refractivity contribution in [1.82, 2.24) is 25.5 Å². The molecule has 0 fully saturated rings. The van der Waals surface area contributed by atoms with Gasteiger partial charge in [0.05, 0.1) is 12.1 Å². The maximum absolute atomic E-state index is 6.25. The van der Waals surface area contributed by atoms with E-state index < -0.39 is 0 Å². The van der Waals surface area contributed by atoms with Crippen molar-refractivity contribution in [2.45, 2.75) is 32.9 Å². The Morgan fingerprint density at radius 1 is 1.30 bits per heavy atom. The summed E-state index contributed by atoms with van der Waals surface area (Å²) < 4.78 is 1.78. The van der Waals surface area contributed by atoms with E-state index in [0.717, 1.165) is 17.9 Å². The minimum Gasteiger partial charge on any atom is -0.308 e. The molecule has 7 heteroatoms. The largest absolute Gasteiger partial charge is 0.308 e. The second kappa shape index (κ2) is 6.52. The van der Waals surface area contributed by atoms with Crippen LogP contribution in [0.3, 0.4) is 0 Å². The summed E-state index contributed by atoms with van der Waals surface area (Å²) in [5.74, 6) is 0.783. The fourth-order valence-electron chi connectivity index (χ4n) is 2.13. The maximum atomic E-state index is 6.25. The molecule has 0 amide bonds. The molecule has 108 valence electrons. The van der Waals surface area contributed by atoms with E-state index in [1.807, 2.05) is 32.9 Å². The quantitative estimate of drug-likeness (QED) is 0.920. The molecule has 0 spiro atoms. The van der Waals surface area contributed by atoms with Crippen LogP contribution in [0.4, 0.5) is 0 Å². The highest BCUT2D eigenvalue weighted by atomic mass is 35.5.